The third-order valence-electron chi connectivity index (χ3n) is 1.55. The van der Waals surface area contributed by atoms with E-state index >= 15 is 0 Å². The van der Waals surface area contributed by atoms with Crippen molar-refractivity contribution in [3.63, 3.8) is 0 Å². The maximum Gasteiger partial charge on any atom is 0.204 e. The molecule has 0 aromatic carbocycles. The molecule has 17 heavy (non-hydrogen) atoms. The Morgan fingerprint density at radius 3 is 2.65 bits per heavy atom. The zero-order chi connectivity index (χ0) is 12.4. The number of hydrogen-bond donors (Lipinski definition) is 5. The Kier molecular flexibility index (Phi) is 2.73. The van der Waals surface area contributed by atoms with Crippen molar-refractivity contribution in [1.82, 2.24) is 29.8 Å². The van der Waals surface area contributed by atoms with Crippen LogP contribution < -0.4 is 28.2 Å². The van der Waals surface area contributed by atoms with E-state index in [9.17, 15) is 0 Å². The molecule has 2 aromatic heterocycles. The number of nitrogens with one attached hydrogen (secondary N) is 2. The molecular formula is C5H9N12-. The van der Waals surface area contributed by atoms with Crippen LogP contribution in [0.15, 0.2) is 0 Å². The van der Waals surface area contributed by atoms with E-state index in [0.29, 0.717) is 11.9 Å². The van der Waals surface area contributed by atoms with E-state index in [-0.39, 0.29) is 11.4 Å². The predicted octanol–water partition coefficient (Wildman–Crippen LogP) is -3.11. The van der Waals surface area contributed by atoms with Gasteiger partial charge in [-0.15, -0.1) is 10.2 Å². The van der Waals surface area contributed by atoms with Crippen LogP contribution in [0.3, 0.4) is 0 Å². The highest BCUT2D eigenvalue weighted by atomic mass is 15.6. The molecule has 0 amide bonds. The van der Waals surface area contributed by atoms with E-state index in [1.165, 1.54) is 4.40 Å². The van der Waals surface area contributed by atoms with E-state index < -0.39 is 6.29 Å². The Labute approximate surface area is 93.7 Å². The third-order valence-corrected chi connectivity index (χ3v) is 1.55. The first-order chi connectivity index (χ1) is 8.08. The summed E-state index contributed by atoms with van der Waals surface area (Å²) < 4.78 is 1.48. The van der Waals surface area contributed by atoms with Gasteiger partial charge >= 0.3 is 0 Å². The minimum Gasteiger partial charge on any atom is -0.324 e. The maximum absolute atomic E-state index is 7.23. The summed E-state index contributed by atoms with van der Waals surface area (Å²) in [6, 6.07) is 0. The zero-order valence-corrected chi connectivity index (χ0v) is 8.44. The Balaban J connectivity index is 0.000000239. The number of hydrogen-bond acceptors (Lipinski definition) is 10. The summed E-state index contributed by atoms with van der Waals surface area (Å²) in [6.45, 7) is 0. The summed E-state index contributed by atoms with van der Waals surface area (Å²) in [5.41, 5.74) is 20.2. The molecular weight excluding hydrogens is 228 g/mol. The van der Waals surface area contributed by atoms with Gasteiger partial charge in [0.2, 0.25) is 5.78 Å². The van der Waals surface area contributed by atoms with Crippen molar-refractivity contribution in [1.29, 1.82) is 5.41 Å². The molecule has 0 bridgehead atoms. The lowest BCUT2D eigenvalue weighted by Gasteiger charge is -2.04. The summed E-state index contributed by atoms with van der Waals surface area (Å²) in [5.74, 6) is 0.973. The van der Waals surface area contributed by atoms with Crippen LogP contribution in [-0.4, -0.2) is 36.1 Å². The summed E-state index contributed by atoms with van der Waals surface area (Å²) in [6.07, 6.45) is -0.667. The molecule has 0 saturated heterocycles. The van der Waals surface area contributed by atoms with Crippen molar-refractivity contribution < 1.29 is 0 Å². The number of nitrogens with two attached hydrogens (primary N) is 3. The summed E-state index contributed by atoms with van der Waals surface area (Å²) in [5, 5.41) is 18.0. The van der Waals surface area contributed by atoms with Crippen molar-refractivity contribution in [2.45, 2.75) is 6.29 Å². The fourth-order valence-electron chi connectivity index (χ4n) is 1.06. The smallest absolute Gasteiger partial charge is 0.204 e. The van der Waals surface area contributed by atoms with Gasteiger partial charge in [0, 0.05) is 0 Å². The van der Waals surface area contributed by atoms with Crippen LogP contribution in [0.25, 0.3) is 11.2 Å². The van der Waals surface area contributed by atoms with E-state index in [2.05, 4.69) is 53.4 Å². The molecule has 1 aliphatic rings. The van der Waals surface area contributed by atoms with Crippen molar-refractivity contribution in [3.05, 3.63) is 11.0 Å². The molecule has 0 spiro atoms. The van der Waals surface area contributed by atoms with E-state index in [1.807, 2.05) is 0 Å². The van der Waals surface area contributed by atoms with Crippen LogP contribution >= 0.6 is 0 Å². The Morgan fingerprint density at radius 1 is 1.24 bits per heavy atom. The van der Waals surface area contributed by atoms with Crippen molar-refractivity contribution in [2.24, 2.45) is 17.2 Å². The summed E-state index contributed by atoms with van der Waals surface area (Å²) in [4.78, 5) is 7.50. The minimum absolute atomic E-state index is 0.145. The monoisotopic (exact) mass is 237 g/mol. The molecule has 12 heteroatoms. The van der Waals surface area contributed by atoms with Crippen molar-refractivity contribution >= 4 is 17.7 Å². The van der Waals surface area contributed by atoms with Gasteiger partial charge in [0.1, 0.15) is 6.29 Å². The fourth-order valence-corrected chi connectivity index (χ4v) is 1.06. The predicted molar refractivity (Wildman–Crippen MR) is 55.2 cm³/mol. The normalized spacial score (nSPS) is 11.8. The first kappa shape index (κ1) is 11.1. The van der Waals surface area contributed by atoms with Gasteiger partial charge in [-0.2, -0.15) is 0 Å². The fraction of sp³-hybridized carbons (Fsp3) is 0.200. The van der Waals surface area contributed by atoms with Crippen LogP contribution in [0.4, 0.5) is 11.9 Å². The maximum atomic E-state index is 7.23. The standard InChI is InChI=1S/C4H2N9.CH7N3/c5-1-6-2-8-9-4-11-12-10-3(7-1)13(2)4;2-1(3)4/h(H2-,5,6,7,8,9,10,11);1H,2-4H2/q-1;. The van der Waals surface area contributed by atoms with Gasteiger partial charge in [-0.25, -0.2) is 4.98 Å². The average molecular weight is 237 g/mol. The molecule has 0 aliphatic carbocycles. The molecule has 3 heterocycles. The number of aromatic nitrogens is 6. The second-order valence-electron chi connectivity index (χ2n) is 2.90. The highest BCUT2D eigenvalue weighted by Crippen LogP contribution is 2.23. The summed E-state index contributed by atoms with van der Waals surface area (Å²) >= 11 is 0. The van der Waals surface area contributed by atoms with Gasteiger partial charge in [-0.1, -0.05) is 0 Å². The van der Waals surface area contributed by atoms with Gasteiger partial charge in [-0.3, -0.25) is 10.8 Å². The van der Waals surface area contributed by atoms with Crippen LogP contribution in [-0.2, 0) is 0 Å². The molecule has 1 aliphatic heterocycles. The third kappa shape index (κ3) is 2.22. The first-order valence-corrected chi connectivity index (χ1v) is 4.36. The molecule has 0 atom stereocenters. The lowest BCUT2D eigenvalue weighted by Crippen LogP contribution is -2.39. The molecule has 8 N–H and O–H groups in total. The molecule has 0 unspecified atom stereocenters. The topological polar surface area (TPSA) is 197 Å². The molecule has 0 radical (unpaired) electrons. The Morgan fingerprint density at radius 2 is 1.94 bits per heavy atom. The minimum atomic E-state index is -0.667. The molecule has 12 nitrogen and oxygen atoms in total. The van der Waals surface area contributed by atoms with E-state index in [0.717, 1.165) is 0 Å². The largest absolute Gasteiger partial charge is 0.324 e. The van der Waals surface area contributed by atoms with Crippen LogP contribution in [0.1, 0.15) is 0 Å². The van der Waals surface area contributed by atoms with Gasteiger partial charge in [0.25, 0.3) is 0 Å². The second-order valence-corrected chi connectivity index (χ2v) is 2.90. The molecule has 0 fully saturated rings. The van der Waals surface area contributed by atoms with Crippen LogP contribution in [0, 0.1) is 5.41 Å². The molecule has 2 aromatic rings. The zero-order valence-electron chi connectivity index (χ0n) is 8.44. The Bertz CT molecular complexity index is 582. The van der Waals surface area contributed by atoms with Gasteiger partial charge in [0.05, 0.1) is 5.95 Å². The number of anilines is 1. The summed E-state index contributed by atoms with van der Waals surface area (Å²) in [7, 11) is 0. The van der Waals surface area contributed by atoms with Crippen LogP contribution in [0.2, 0.25) is 0 Å². The highest BCUT2D eigenvalue weighted by Gasteiger charge is 2.07. The number of nitrogens with zero attached hydrogens (tertiary/aromatic N) is 7. The van der Waals surface area contributed by atoms with Gasteiger partial charge < -0.3 is 32.0 Å². The Hall–Kier alpha value is -2.44. The van der Waals surface area contributed by atoms with Crippen LogP contribution in [0.5, 0.6) is 0 Å². The second kappa shape index (κ2) is 4.20. The first-order valence-electron chi connectivity index (χ1n) is 4.36. The molecule has 3 rings (SSSR count). The SMILES string of the molecule is N=c1nc2n3c(nnnc3n1)N[N-]2.NC(N)N. The quantitative estimate of drug-likeness (QED) is 0.294. The molecule has 90 valence electrons. The van der Waals surface area contributed by atoms with E-state index in [1.54, 1.807) is 0 Å². The lowest BCUT2D eigenvalue weighted by atomic mass is 10.8. The van der Waals surface area contributed by atoms with Gasteiger partial charge in [-0.05, 0) is 5.21 Å². The van der Waals surface area contributed by atoms with Gasteiger partial charge in [0.15, 0.2) is 11.6 Å². The average Bonchev–Trinajstić information content (AvgIpc) is 2.62. The lowest BCUT2D eigenvalue weighted by molar-refractivity contribution is 0.750. The molecule has 0 saturated carbocycles. The highest BCUT2D eigenvalue weighted by molar-refractivity contribution is 5.57. The van der Waals surface area contributed by atoms with Crippen molar-refractivity contribution in [2.75, 3.05) is 5.43 Å². The van der Waals surface area contributed by atoms with Crippen molar-refractivity contribution in [3.8, 4) is 0 Å². The number of rotatable bonds is 0. The van der Waals surface area contributed by atoms with E-state index in [4.69, 9.17) is 5.41 Å².